The number of hydrogen-bond donors (Lipinski definition) is 1. The molecule has 2 nitrogen and oxygen atoms in total. The van der Waals surface area contributed by atoms with Crippen LogP contribution in [0, 0.1) is 0 Å². The largest absolute Gasteiger partial charge is 0.309 e. The molecule has 0 aromatic heterocycles. The lowest BCUT2D eigenvalue weighted by Gasteiger charge is -2.32. The number of aryl methyl sites for hydroxylation is 1. The Bertz CT molecular complexity index is 404. The average Bonchev–Trinajstić information content (AvgIpc) is 2.42. The van der Waals surface area contributed by atoms with Gasteiger partial charge in [0.25, 0.3) is 0 Å². The van der Waals surface area contributed by atoms with Gasteiger partial charge >= 0.3 is 0 Å². The highest BCUT2D eigenvalue weighted by Gasteiger charge is 2.19. The molecule has 1 aliphatic rings. The average molecular weight is 274 g/mol. The van der Waals surface area contributed by atoms with E-state index in [4.69, 9.17) is 0 Å². The number of benzene rings is 1. The molecule has 0 fully saturated rings. The highest BCUT2D eigenvalue weighted by Crippen LogP contribution is 2.29. The summed E-state index contributed by atoms with van der Waals surface area (Å²) in [5, 5.41) is 3.78. The molecular formula is C18H30N2. The maximum absolute atomic E-state index is 3.78. The molecule has 0 aliphatic heterocycles. The maximum Gasteiger partial charge on any atom is 0.0323 e. The Hall–Kier alpha value is -0.860. The summed E-state index contributed by atoms with van der Waals surface area (Å²) in [5.41, 5.74) is 3.07. The van der Waals surface area contributed by atoms with E-state index >= 15 is 0 Å². The SMILES string of the molecule is CC(C)N(CCNC1CCCc2ccccc21)C(C)C. The van der Waals surface area contributed by atoms with E-state index in [1.54, 1.807) is 5.56 Å². The first kappa shape index (κ1) is 15.5. The molecule has 1 aliphatic carbocycles. The topological polar surface area (TPSA) is 15.3 Å². The normalized spacial score (nSPS) is 18.9. The van der Waals surface area contributed by atoms with Crippen LogP contribution in [0.3, 0.4) is 0 Å². The fourth-order valence-corrected chi connectivity index (χ4v) is 3.45. The zero-order chi connectivity index (χ0) is 14.5. The zero-order valence-electron chi connectivity index (χ0n) is 13.5. The van der Waals surface area contributed by atoms with Crippen molar-refractivity contribution in [3.63, 3.8) is 0 Å². The summed E-state index contributed by atoms with van der Waals surface area (Å²) in [4.78, 5) is 2.56. The van der Waals surface area contributed by atoms with Crippen LogP contribution in [0.5, 0.6) is 0 Å². The van der Waals surface area contributed by atoms with Crippen molar-refractivity contribution in [1.82, 2.24) is 10.2 Å². The minimum Gasteiger partial charge on any atom is -0.309 e. The van der Waals surface area contributed by atoms with E-state index in [1.807, 2.05) is 0 Å². The Balaban J connectivity index is 1.89. The van der Waals surface area contributed by atoms with Crippen LogP contribution in [0.1, 0.15) is 57.7 Å². The monoisotopic (exact) mass is 274 g/mol. The Kier molecular flexibility index (Phi) is 5.62. The molecule has 112 valence electrons. The van der Waals surface area contributed by atoms with Gasteiger partial charge in [-0.2, -0.15) is 0 Å². The highest BCUT2D eigenvalue weighted by atomic mass is 15.2. The first-order chi connectivity index (χ1) is 9.59. The lowest BCUT2D eigenvalue weighted by Crippen LogP contribution is -2.42. The Morgan fingerprint density at radius 2 is 1.85 bits per heavy atom. The smallest absolute Gasteiger partial charge is 0.0323 e. The highest BCUT2D eigenvalue weighted by molar-refractivity contribution is 5.32. The van der Waals surface area contributed by atoms with Crippen LogP contribution in [0.15, 0.2) is 24.3 Å². The fourth-order valence-electron chi connectivity index (χ4n) is 3.45. The molecule has 0 saturated heterocycles. The second-order valence-corrected chi connectivity index (χ2v) is 6.52. The maximum atomic E-state index is 3.78. The predicted octanol–water partition coefficient (Wildman–Crippen LogP) is 3.77. The zero-order valence-corrected chi connectivity index (χ0v) is 13.5. The summed E-state index contributed by atoms with van der Waals surface area (Å²) >= 11 is 0. The second kappa shape index (κ2) is 7.24. The van der Waals surface area contributed by atoms with E-state index < -0.39 is 0 Å². The third-order valence-electron chi connectivity index (χ3n) is 4.46. The van der Waals surface area contributed by atoms with Crippen molar-refractivity contribution >= 4 is 0 Å². The number of hydrogen-bond acceptors (Lipinski definition) is 2. The third-order valence-corrected chi connectivity index (χ3v) is 4.46. The molecule has 0 saturated carbocycles. The molecule has 0 bridgehead atoms. The van der Waals surface area contributed by atoms with Crippen molar-refractivity contribution in [2.24, 2.45) is 0 Å². The van der Waals surface area contributed by atoms with Crippen LogP contribution < -0.4 is 5.32 Å². The summed E-state index contributed by atoms with van der Waals surface area (Å²) in [6, 6.07) is 10.7. The van der Waals surface area contributed by atoms with Gasteiger partial charge < -0.3 is 5.32 Å². The van der Waals surface area contributed by atoms with E-state index in [0.717, 1.165) is 13.1 Å². The van der Waals surface area contributed by atoms with Gasteiger partial charge in [0, 0.05) is 31.2 Å². The Morgan fingerprint density at radius 1 is 1.15 bits per heavy atom. The van der Waals surface area contributed by atoms with Gasteiger partial charge in [-0.25, -0.2) is 0 Å². The minimum atomic E-state index is 0.557. The molecule has 2 rings (SSSR count). The summed E-state index contributed by atoms with van der Waals surface area (Å²) in [5.74, 6) is 0. The quantitative estimate of drug-likeness (QED) is 0.849. The molecule has 0 heterocycles. The van der Waals surface area contributed by atoms with Gasteiger partial charge in [-0.05, 0) is 58.1 Å². The van der Waals surface area contributed by atoms with Crippen LogP contribution in [0.4, 0.5) is 0 Å². The van der Waals surface area contributed by atoms with Crippen molar-refractivity contribution in [1.29, 1.82) is 0 Å². The van der Waals surface area contributed by atoms with Gasteiger partial charge in [0.15, 0.2) is 0 Å². The molecule has 1 aromatic carbocycles. The van der Waals surface area contributed by atoms with Gasteiger partial charge in [0.2, 0.25) is 0 Å². The van der Waals surface area contributed by atoms with Crippen molar-refractivity contribution in [3.8, 4) is 0 Å². The van der Waals surface area contributed by atoms with Gasteiger partial charge in [0.1, 0.15) is 0 Å². The summed E-state index contributed by atoms with van der Waals surface area (Å²) in [7, 11) is 0. The first-order valence-electron chi connectivity index (χ1n) is 8.16. The molecule has 1 aromatic rings. The van der Waals surface area contributed by atoms with Gasteiger partial charge in [-0.3, -0.25) is 4.90 Å². The Morgan fingerprint density at radius 3 is 2.55 bits per heavy atom. The molecule has 1 N–H and O–H groups in total. The number of rotatable bonds is 6. The van der Waals surface area contributed by atoms with Crippen molar-refractivity contribution in [3.05, 3.63) is 35.4 Å². The minimum absolute atomic E-state index is 0.557. The van der Waals surface area contributed by atoms with Crippen molar-refractivity contribution < 1.29 is 0 Å². The summed E-state index contributed by atoms with van der Waals surface area (Å²) in [6.07, 6.45) is 3.84. The fraction of sp³-hybridized carbons (Fsp3) is 0.667. The molecule has 0 spiro atoms. The lowest BCUT2D eigenvalue weighted by molar-refractivity contribution is 0.173. The lowest BCUT2D eigenvalue weighted by atomic mass is 9.88. The summed E-state index contributed by atoms with van der Waals surface area (Å²) in [6.45, 7) is 11.4. The number of fused-ring (bicyclic) bond motifs is 1. The second-order valence-electron chi connectivity index (χ2n) is 6.52. The Labute approximate surface area is 124 Å². The van der Waals surface area contributed by atoms with Crippen molar-refractivity contribution in [2.75, 3.05) is 13.1 Å². The molecule has 2 heteroatoms. The van der Waals surface area contributed by atoms with Crippen molar-refractivity contribution in [2.45, 2.75) is 65.1 Å². The first-order valence-corrected chi connectivity index (χ1v) is 8.16. The van der Waals surface area contributed by atoms with E-state index in [1.165, 1.54) is 24.8 Å². The van der Waals surface area contributed by atoms with Crippen LogP contribution in [-0.4, -0.2) is 30.1 Å². The van der Waals surface area contributed by atoms with E-state index in [9.17, 15) is 0 Å². The van der Waals surface area contributed by atoms with E-state index in [0.29, 0.717) is 18.1 Å². The van der Waals surface area contributed by atoms with E-state index in [2.05, 4.69) is 62.2 Å². The summed E-state index contributed by atoms with van der Waals surface area (Å²) < 4.78 is 0. The molecule has 0 amide bonds. The molecule has 1 atom stereocenters. The number of nitrogens with zero attached hydrogens (tertiary/aromatic N) is 1. The van der Waals surface area contributed by atoms with Gasteiger partial charge in [-0.15, -0.1) is 0 Å². The predicted molar refractivity (Wildman–Crippen MR) is 87.1 cm³/mol. The molecule has 0 radical (unpaired) electrons. The van der Waals surface area contributed by atoms with Crippen LogP contribution in [0.25, 0.3) is 0 Å². The van der Waals surface area contributed by atoms with Crippen LogP contribution >= 0.6 is 0 Å². The van der Waals surface area contributed by atoms with Crippen LogP contribution in [-0.2, 0) is 6.42 Å². The molecular weight excluding hydrogens is 244 g/mol. The van der Waals surface area contributed by atoms with Gasteiger partial charge in [-0.1, -0.05) is 24.3 Å². The van der Waals surface area contributed by atoms with Gasteiger partial charge in [0.05, 0.1) is 0 Å². The molecule has 20 heavy (non-hydrogen) atoms. The molecule has 1 unspecified atom stereocenters. The number of nitrogens with one attached hydrogen (secondary N) is 1. The van der Waals surface area contributed by atoms with Crippen LogP contribution in [0.2, 0.25) is 0 Å². The third kappa shape index (κ3) is 3.83. The van der Waals surface area contributed by atoms with E-state index in [-0.39, 0.29) is 0 Å². The standard InChI is InChI=1S/C18H30N2/c1-14(2)20(15(3)4)13-12-19-18-11-7-9-16-8-5-6-10-17(16)18/h5-6,8,10,14-15,18-19H,7,9,11-13H2,1-4H3.